The molecule has 6 nitrogen and oxygen atoms in total. The molecule has 24 heavy (non-hydrogen) atoms. The number of hydrogen-bond donors (Lipinski definition) is 3. The van der Waals surface area contributed by atoms with E-state index < -0.39 is 0 Å². The Morgan fingerprint density at radius 3 is 2.38 bits per heavy atom. The summed E-state index contributed by atoms with van der Waals surface area (Å²) >= 11 is 0. The fourth-order valence-corrected chi connectivity index (χ4v) is 2.49. The second-order valence-corrected chi connectivity index (χ2v) is 6.11. The van der Waals surface area contributed by atoms with E-state index in [1.165, 1.54) is 0 Å². The lowest BCUT2D eigenvalue weighted by atomic mass is 10.2. The molecule has 0 radical (unpaired) electrons. The number of anilines is 1. The summed E-state index contributed by atoms with van der Waals surface area (Å²) < 4.78 is 0. The summed E-state index contributed by atoms with van der Waals surface area (Å²) in [5, 5.41) is 8.43. The normalized spacial score (nSPS) is 12.1. The van der Waals surface area contributed by atoms with E-state index in [1.807, 2.05) is 13.8 Å². The highest BCUT2D eigenvalue weighted by atomic mass is 16.2. The van der Waals surface area contributed by atoms with Crippen molar-refractivity contribution in [1.29, 1.82) is 0 Å². The van der Waals surface area contributed by atoms with Crippen molar-refractivity contribution in [3.05, 3.63) is 29.8 Å². The zero-order valence-electron chi connectivity index (χ0n) is 15.3. The van der Waals surface area contributed by atoms with E-state index in [9.17, 15) is 9.59 Å². The lowest BCUT2D eigenvalue weighted by molar-refractivity contribution is 0.0938. The molecule has 0 aliphatic carbocycles. The van der Waals surface area contributed by atoms with Gasteiger partial charge in [-0.25, -0.2) is 4.79 Å². The SMILES string of the molecule is CCN(CC)C(C)CNC(=O)c1cccc(NC(=O)NC(C)C)c1. The first-order valence-corrected chi connectivity index (χ1v) is 8.57. The van der Waals surface area contributed by atoms with Gasteiger partial charge in [0.2, 0.25) is 0 Å². The molecule has 0 aliphatic heterocycles. The Morgan fingerprint density at radius 1 is 1.12 bits per heavy atom. The van der Waals surface area contributed by atoms with Gasteiger partial charge in [0, 0.05) is 29.9 Å². The third-order valence-electron chi connectivity index (χ3n) is 3.80. The number of amides is 3. The summed E-state index contributed by atoms with van der Waals surface area (Å²) in [6.07, 6.45) is 0. The zero-order chi connectivity index (χ0) is 18.1. The second-order valence-electron chi connectivity index (χ2n) is 6.11. The number of urea groups is 1. The minimum Gasteiger partial charge on any atom is -0.350 e. The third-order valence-corrected chi connectivity index (χ3v) is 3.80. The molecule has 0 saturated heterocycles. The molecule has 1 unspecified atom stereocenters. The maximum atomic E-state index is 12.3. The molecule has 0 heterocycles. The summed E-state index contributed by atoms with van der Waals surface area (Å²) in [4.78, 5) is 26.3. The largest absolute Gasteiger partial charge is 0.350 e. The summed E-state index contributed by atoms with van der Waals surface area (Å²) in [5.41, 5.74) is 1.13. The Kier molecular flexibility index (Phi) is 8.26. The van der Waals surface area contributed by atoms with E-state index in [2.05, 4.69) is 41.6 Å². The number of carbonyl (C=O) groups is 2. The molecular weight excluding hydrogens is 304 g/mol. The molecule has 6 heteroatoms. The fourth-order valence-electron chi connectivity index (χ4n) is 2.49. The minimum absolute atomic E-state index is 0.0537. The Labute approximate surface area is 145 Å². The monoisotopic (exact) mass is 334 g/mol. The molecular formula is C18H30N4O2. The Morgan fingerprint density at radius 2 is 1.79 bits per heavy atom. The predicted molar refractivity (Wildman–Crippen MR) is 98.4 cm³/mol. The average molecular weight is 334 g/mol. The van der Waals surface area contributed by atoms with Crippen molar-refractivity contribution in [2.75, 3.05) is 25.0 Å². The van der Waals surface area contributed by atoms with Crippen molar-refractivity contribution >= 4 is 17.6 Å². The number of hydrogen-bond acceptors (Lipinski definition) is 3. The van der Waals surface area contributed by atoms with Crippen LogP contribution in [0.15, 0.2) is 24.3 Å². The van der Waals surface area contributed by atoms with Crippen LogP contribution in [-0.4, -0.2) is 48.6 Å². The van der Waals surface area contributed by atoms with Crippen molar-refractivity contribution < 1.29 is 9.59 Å². The predicted octanol–water partition coefficient (Wildman–Crippen LogP) is 2.68. The second kappa shape index (κ2) is 9.93. The van der Waals surface area contributed by atoms with Gasteiger partial charge in [0.1, 0.15) is 0 Å². The van der Waals surface area contributed by atoms with E-state index in [0.717, 1.165) is 13.1 Å². The smallest absolute Gasteiger partial charge is 0.319 e. The van der Waals surface area contributed by atoms with Crippen LogP contribution < -0.4 is 16.0 Å². The van der Waals surface area contributed by atoms with E-state index in [4.69, 9.17) is 0 Å². The summed E-state index contributed by atoms with van der Waals surface area (Å²) in [6, 6.07) is 6.99. The lowest BCUT2D eigenvalue weighted by Gasteiger charge is -2.26. The number of carbonyl (C=O) groups excluding carboxylic acids is 2. The van der Waals surface area contributed by atoms with E-state index in [0.29, 0.717) is 17.8 Å². The molecule has 3 amide bonds. The first-order valence-electron chi connectivity index (χ1n) is 8.57. The first-order chi connectivity index (χ1) is 11.4. The number of likely N-dealkylation sites (N-methyl/N-ethyl adjacent to an activating group) is 1. The van der Waals surface area contributed by atoms with Crippen molar-refractivity contribution in [1.82, 2.24) is 15.5 Å². The van der Waals surface area contributed by atoms with Gasteiger partial charge < -0.3 is 16.0 Å². The molecule has 0 spiro atoms. The van der Waals surface area contributed by atoms with Gasteiger partial charge in [0.25, 0.3) is 5.91 Å². The maximum absolute atomic E-state index is 12.3. The van der Waals surface area contributed by atoms with Crippen LogP contribution in [0.5, 0.6) is 0 Å². The lowest BCUT2D eigenvalue weighted by Crippen LogP contribution is -2.42. The molecule has 0 aromatic heterocycles. The Balaban J connectivity index is 2.62. The summed E-state index contributed by atoms with van der Waals surface area (Å²) in [6.45, 7) is 12.6. The van der Waals surface area contributed by atoms with Gasteiger partial charge in [-0.1, -0.05) is 19.9 Å². The molecule has 0 bridgehead atoms. The average Bonchev–Trinajstić information content (AvgIpc) is 2.53. The van der Waals surface area contributed by atoms with Crippen molar-refractivity contribution in [2.24, 2.45) is 0 Å². The quantitative estimate of drug-likeness (QED) is 0.684. The van der Waals surface area contributed by atoms with Gasteiger partial charge in [-0.15, -0.1) is 0 Å². The Bertz CT molecular complexity index is 542. The van der Waals surface area contributed by atoms with Crippen LogP contribution in [0.1, 0.15) is 45.0 Å². The van der Waals surface area contributed by atoms with Gasteiger partial charge in [-0.2, -0.15) is 0 Å². The van der Waals surface area contributed by atoms with E-state index in [1.54, 1.807) is 24.3 Å². The van der Waals surface area contributed by atoms with Crippen LogP contribution >= 0.6 is 0 Å². The van der Waals surface area contributed by atoms with Crippen LogP contribution in [0.4, 0.5) is 10.5 Å². The highest BCUT2D eigenvalue weighted by Gasteiger charge is 2.13. The Hall–Kier alpha value is -2.08. The number of nitrogens with one attached hydrogen (secondary N) is 3. The van der Waals surface area contributed by atoms with E-state index in [-0.39, 0.29) is 24.0 Å². The highest BCUT2D eigenvalue weighted by molar-refractivity contribution is 5.96. The molecule has 1 atom stereocenters. The van der Waals surface area contributed by atoms with Crippen LogP contribution in [0.25, 0.3) is 0 Å². The van der Waals surface area contributed by atoms with Crippen molar-refractivity contribution in [3.8, 4) is 0 Å². The van der Waals surface area contributed by atoms with Gasteiger partial charge >= 0.3 is 6.03 Å². The molecule has 1 aromatic carbocycles. The molecule has 0 fully saturated rings. The van der Waals surface area contributed by atoms with Crippen LogP contribution in [0.2, 0.25) is 0 Å². The van der Waals surface area contributed by atoms with E-state index >= 15 is 0 Å². The highest BCUT2D eigenvalue weighted by Crippen LogP contribution is 2.11. The first kappa shape index (κ1) is 20.0. The zero-order valence-corrected chi connectivity index (χ0v) is 15.3. The summed E-state index contributed by atoms with van der Waals surface area (Å²) in [7, 11) is 0. The maximum Gasteiger partial charge on any atom is 0.319 e. The van der Waals surface area contributed by atoms with Gasteiger partial charge in [-0.05, 0) is 52.1 Å². The van der Waals surface area contributed by atoms with Crippen molar-refractivity contribution in [3.63, 3.8) is 0 Å². The van der Waals surface area contributed by atoms with Crippen LogP contribution in [0.3, 0.4) is 0 Å². The third kappa shape index (κ3) is 6.58. The van der Waals surface area contributed by atoms with Gasteiger partial charge in [-0.3, -0.25) is 9.69 Å². The molecule has 3 N–H and O–H groups in total. The number of rotatable bonds is 8. The number of benzene rings is 1. The molecule has 1 rings (SSSR count). The topological polar surface area (TPSA) is 73.5 Å². The van der Waals surface area contributed by atoms with Crippen molar-refractivity contribution in [2.45, 2.75) is 46.7 Å². The molecule has 0 saturated carbocycles. The summed E-state index contributed by atoms with van der Waals surface area (Å²) in [5.74, 6) is -0.137. The molecule has 1 aromatic rings. The molecule has 134 valence electrons. The standard InChI is InChI=1S/C18H30N4O2/c1-6-22(7-2)14(5)12-19-17(23)15-9-8-10-16(11-15)21-18(24)20-13(3)4/h8-11,13-14H,6-7,12H2,1-5H3,(H,19,23)(H2,20,21,24). The number of nitrogens with zero attached hydrogens (tertiary/aromatic N) is 1. The van der Waals surface area contributed by atoms with Gasteiger partial charge in [0.15, 0.2) is 0 Å². The van der Waals surface area contributed by atoms with Crippen LogP contribution in [-0.2, 0) is 0 Å². The fraction of sp³-hybridized carbons (Fsp3) is 0.556. The van der Waals surface area contributed by atoms with Crippen LogP contribution in [0, 0.1) is 0 Å². The minimum atomic E-state index is -0.280. The van der Waals surface area contributed by atoms with Gasteiger partial charge in [0.05, 0.1) is 0 Å². The molecule has 0 aliphatic rings.